The van der Waals surface area contributed by atoms with E-state index in [4.69, 9.17) is 16.3 Å². The Labute approximate surface area is 160 Å². The van der Waals surface area contributed by atoms with Crippen LogP contribution >= 0.6 is 11.6 Å². The van der Waals surface area contributed by atoms with Crippen LogP contribution in [0.15, 0.2) is 18.2 Å². The third kappa shape index (κ3) is 3.18. The zero-order chi connectivity index (χ0) is 17.5. The third-order valence-corrected chi connectivity index (χ3v) is 6.79. The molecule has 1 aromatic carbocycles. The first-order valence-electron chi connectivity index (χ1n) is 10.2. The van der Waals surface area contributed by atoms with Crippen LogP contribution in [0.3, 0.4) is 0 Å². The number of piperidine rings is 1. The summed E-state index contributed by atoms with van der Waals surface area (Å²) < 4.78 is 5.56. The summed E-state index contributed by atoms with van der Waals surface area (Å²) in [6, 6.07) is 7.97. The van der Waals surface area contributed by atoms with Crippen molar-refractivity contribution in [2.75, 3.05) is 26.3 Å². The summed E-state index contributed by atoms with van der Waals surface area (Å²) in [6.45, 7) is 4.28. The molecule has 2 aliphatic heterocycles. The van der Waals surface area contributed by atoms with Crippen molar-refractivity contribution in [2.45, 2.75) is 56.7 Å². The van der Waals surface area contributed by atoms with Crippen LogP contribution in [-0.4, -0.2) is 48.3 Å². The van der Waals surface area contributed by atoms with Gasteiger partial charge in [-0.15, -0.1) is 0 Å². The normalized spacial score (nSPS) is 27.9. The van der Waals surface area contributed by atoms with Crippen LogP contribution in [0.2, 0.25) is 5.02 Å². The zero-order valence-corrected chi connectivity index (χ0v) is 16.0. The summed E-state index contributed by atoms with van der Waals surface area (Å²) in [5, 5.41) is 6.12. The van der Waals surface area contributed by atoms with E-state index in [1.807, 2.05) is 6.07 Å². The molecule has 4 nitrogen and oxygen atoms in total. The summed E-state index contributed by atoms with van der Waals surface area (Å²) in [6.07, 6.45) is 7.34. The largest absolute Gasteiger partial charge is 0.380 e. The number of nitrogens with zero attached hydrogens (tertiary/aromatic N) is 1. The highest BCUT2D eigenvalue weighted by atomic mass is 35.5. The second kappa shape index (κ2) is 7.16. The number of halogens is 1. The van der Waals surface area contributed by atoms with E-state index in [-0.39, 0.29) is 0 Å². The molecule has 2 atom stereocenters. The summed E-state index contributed by atoms with van der Waals surface area (Å²) in [5.41, 5.74) is 4.11. The van der Waals surface area contributed by atoms with Crippen LogP contribution in [0.25, 0.3) is 10.9 Å². The lowest BCUT2D eigenvalue weighted by molar-refractivity contribution is 0.114. The van der Waals surface area contributed by atoms with E-state index in [2.05, 4.69) is 27.3 Å². The molecular formula is C21H28ClN3O. The monoisotopic (exact) mass is 373 g/mol. The van der Waals surface area contributed by atoms with Gasteiger partial charge in [-0.3, -0.25) is 4.90 Å². The maximum absolute atomic E-state index is 6.23. The molecule has 0 spiro atoms. The molecule has 0 saturated carbocycles. The molecule has 0 bridgehead atoms. The fourth-order valence-electron chi connectivity index (χ4n) is 5.13. The van der Waals surface area contributed by atoms with Crippen LogP contribution in [0.5, 0.6) is 0 Å². The van der Waals surface area contributed by atoms with Crippen molar-refractivity contribution >= 4 is 22.5 Å². The number of hydrogen-bond donors (Lipinski definition) is 2. The fraction of sp³-hybridized carbons (Fsp3) is 0.619. The topological polar surface area (TPSA) is 40.3 Å². The van der Waals surface area contributed by atoms with Crippen LogP contribution in [0.4, 0.5) is 0 Å². The molecule has 1 aliphatic carbocycles. The molecule has 26 heavy (non-hydrogen) atoms. The van der Waals surface area contributed by atoms with Gasteiger partial charge in [0.25, 0.3) is 0 Å². The highest BCUT2D eigenvalue weighted by molar-refractivity contribution is 6.31. The van der Waals surface area contributed by atoms with Crippen molar-refractivity contribution in [3.05, 3.63) is 34.5 Å². The number of rotatable bonds is 3. The van der Waals surface area contributed by atoms with Crippen LogP contribution in [0.1, 0.15) is 49.4 Å². The highest BCUT2D eigenvalue weighted by Crippen LogP contribution is 2.36. The van der Waals surface area contributed by atoms with E-state index < -0.39 is 0 Å². The summed E-state index contributed by atoms with van der Waals surface area (Å²) >= 11 is 6.23. The Morgan fingerprint density at radius 1 is 1.15 bits per heavy atom. The average Bonchev–Trinajstić information content (AvgIpc) is 3.31. The molecule has 140 valence electrons. The van der Waals surface area contributed by atoms with Crippen molar-refractivity contribution < 1.29 is 4.74 Å². The number of hydrogen-bond acceptors (Lipinski definition) is 3. The van der Waals surface area contributed by atoms with Crippen LogP contribution in [-0.2, 0) is 11.2 Å². The van der Waals surface area contributed by atoms with Gasteiger partial charge in [0.15, 0.2) is 0 Å². The first-order valence-corrected chi connectivity index (χ1v) is 10.5. The van der Waals surface area contributed by atoms with E-state index >= 15 is 0 Å². The van der Waals surface area contributed by atoms with Gasteiger partial charge in [0, 0.05) is 59.4 Å². The standard InChI is InChI=1S/C21H28ClN3O/c22-14-4-5-19-18(12-14)17-2-1-3-20(21(17)24-19)23-15-6-9-25(10-7-15)16-8-11-26-13-16/h4-5,12,15-16,20,23-24H,1-3,6-11,13H2. The van der Waals surface area contributed by atoms with Crippen LogP contribution in [0, 0.1) is 0 Å². The SMILES string of the molecule is Clc1ccc2[nH]c3c(c2c1)CCCC3NC1CCN(C2CCOC2)CC1. The minimum atomic E-state index is 0.455. The second-order valence-electron chi connectivity index (χ2n) is 8.15. The Morgan fingerprint density at radius 2 is 2.04 bits per heavy atom. The molecule has 0 radical (unpaired) electrons. The molecule has 1 aromatic heterocycles. The van der Waals surface area contributed by atoms with Gasteiger partial charge >= 0.3 is 0 Å². The Bertz CT molecular complexity index is 775. The minimum absolute atomic E-state index is 0.455. The van der Waals surface area contributed by atoms with Gasteiger partial charge in [-0.1, -0.05) is 11.6 Å². The second-order valence-corrected chi connectivity index (χ2v) is 8.58. The number of aromatic amines is 1. The van der Waals surface area contributed by atoms with Crippen molar-refractivity contribution in [3.63, 3.8) is 0 Å². The van der Waals surface area contributed by atoms with E-state index in [0.29, 0.717) is 18.1 Å². The maximum atomic E-state index is 6.23. The summed E-state index contributed by atoms with van der Waals surface area (Å²) in [7, 11) is 0. The molecule has 3 aliphatic rings. The molecular weight excluding hydrogens is 346 g/mol. The van der Waals surface area contributed by atoms with Gasteiger partial charge in [-0.25, -0.2) is 0 Å². The van der Waals surface area contributed by atoms with Crippen LogP contribution < -0.4 is 5.32 Å². The van der Waals surface area contributed by atoms with Gasteiger partial charge in [-0.2, -0.15) is 0 Å². The molecule has 2 saturated heterocycles. The Kier molecular flexibility index (Phi) is 4.70. The number of ether oxygens (including phenoxy) is 1. The predicted molar refractivity (Wildman–Crippen MR) is 106 cm³/mol. The lowest BCUT2D eigenvalue weighted by atomic mass is 9.90. The molecule has 2 fully saturated rings. The van der Waals surface area contributed by atoms with E-state index in [0.717, 1.165) is 24.7 Å². The van der Waals surface area contributed by atoms with Gasteiger partial charge in [0.1, 0.15) is 0 Å². The first kappa shape index (κ1) is 17.1. The molecule has 2 unspecified atom stereocenters. The van der Waals surface area contributed by atoms with E-state index in [9.17, 15) is 0 Å². The highest BCUT2D eigenvalue weighted by Gasteiger charge is 2.30. The smallest absolute Gasteiger partial charge is 0.0622 e. The van der Waals surface area contributed by atoms with Gasteiger partial charge in [0.05, 0.1) is 6.61 Å². The number of likely N-dealkylation sites (tertiary alicyclic amines) is 1. The first-order chi connectivity index (χ1) is 12.8. The Balaban J connectivity index is 1.28. The average molecular weight is 374 g/mol. The quantitative estimate of drug-likeness (QED) is 0.852. The maximum Gasteiger partial charge on any atom is 0.0622 e. The molecule has 5 heteroatoms. The number of fused-ring (bicyclic) bond motifs is 3. The number of aromatic nitrogens is 1. The molecule has 3 heterocycles. The van der Waals surface area contributed by atoms with Gasteiger partial charge in [0.2, 0.25) is 0 Å². The van der Waals surface area contributed by atoms with Gasteiger partial charge in [-0.05, 0) is 62.3 Å². The van der Waals surface area contributed by atoms with E-state index in [1.54, 1.807) is 0 Å². The number of nitrogens with one attached hydrogen (secondary N) is 2. The minimum Gasteiger partial charge on any atom is -0.380 e. The van der Waals surface area contributed by atoms with Crippen molar-refractivity contribution in [1.29, 1.82) is 0 Å². The lowest BCUT2D eigenvalue weighted by Crippen LogP contribution is -2.47. The fourth-order valence-corrected chi connectivity index (χ4v) is 5.30. The zero-order valence-electron chi connectivity index (χ0n) is 15.3. The molecule has 5 rings (SSSR count). The van der Waals surface area contributed by atoms with Crippen molar-refractivity contribution in [2.24, 2.45) is 0 Å². The van der Waals surface area contributed by atoms with Crippen molar-refractivity contribution in [3.8, 4) is 0 Å². The van der Waals surface area contributed by atoms with Crippen molar-refractivity contribution in [1.82, 2.24) is 15.2 Å². The van der Waals surface area contributed by atoms with Gasteiger partial charge < -0.3 is 15.0 Å². The molecule has 0 amide bonds. The Hall–Kier alpha value is -1.07. The molecule has 2 aromatic rings. The van der Waals surface area contributed by atoms with E-state index in [1.165, 1.54) is 67.4 Å². The third-order valence-electron chi connectivity index (χ3n) is 6.56. The lowest BCUT2D eigenvalue weighted by Gasteiger charge is -2.37. The Morgan fingerprint density at radius 3 is 2.85 bits per heavy atom. The number of aryl methyl sites for hydroxylation is 1. The predicted octanol–water partition coefficient (Wildman–Crippen LogP) is 4.04. The summed E-state index contributed by atoms with van der Waals surface area (Å²) in [4.78, 5) is 6.33. The number of benzene rings is 1. The number of H-pyrrole nitrogens is 1. The molecule has 2 N–H and O–H groups in total. The summed E-state index contributed by atoms with van der Waals surface area (Å²) in [5.74, 6) is 0.